The number of benzene rings is 1. The molecule has 0 fully saturated rings. The molecule has 2 aromatic rings. The Morgan fingerprint density at radius 2 is 1.79 bits per heavy atom. The zero-order valence-electron chi connectivity index (χ0n) is 12.2. The molecule has 0 saturated heterocycles. The van der Waals surface area contributed by atoms with Gasteiger partial charge in [-0.15, -0.1) is 0 Å². The number of carbonyl (C=O) groups excluding carboxylic acids is 1. The summed E-state index contributed by atoms with van der Waals surface area (Å²) < 4.78 is 41.8. The number of halogens is 3. The maximum atomic E-state index is 12.1. The van der Waals surface area contributed by atoms with E-state index in [4.69, 9.17) is 9.84 Å². The van der Waals surface area contributed by atoms with Crippen LogP contribution in [0.2, 0.25) is 0 Å². The molecule has 0 radical (unpaired) electrons. The second kappa shape index (κ2) is 6.57. The van der Waals surface area contributed by atoms with Gasteiger partial charge in [0.1, 0.15) is 11.5 Å². The molecule has 1 aromatic carbocycles. The van der Waals surface area contributed by atoms with Gasteiger partial charge in [0.05, 0.1) is 17.5 Å². The maximum Gasteiger partial charge on any atom is 0.471 e. The first-order chi connectivity index (χ1) is 11.2. The van der Waals surface area contributed by atoms with Gasteiger partial charge in [0, 0.05) is 5.69 Å². The standard InChI is InChI=1S/C15H11F3N2O4/c1-8-12(13(21)22)6-11(7-19-8)24-10-4-2-9(3-5-10)20-14(23)15(16,17)18/h2-7H,1H3,(H,20,23)(H,21,22). The van der Waals surface area contributed by atoms with Crippen molar-refractivity contribution < 1.29 is 32.6 Å². The quantitative estimate of drug-likeness (QED) is 0.891. The smallest absolute Gasteiger partial charge is 0.471 e. The van der Waals surface area contributed by atoms with Gasteiger partial charge in [-0.2, -0.15) is 13.2 Å². The minimum Gasteiger partial charge on any atom is -0.478 e. The van der Waals surface area contributed by atoms with Crippen LogP contribution in [0.1, 0.15) is 16.1 Å². The number of carboxylic acids is 1. The summed E-state index contributed by atoms with van der Waals surface area (Å²) in [6, 6.07) is 6.37. The van der Waals surface area contributed by atoms with Crippen LogP contribution in [0.25, 0.3) is 0 Å². The van der Waals surface area contributed by atoms with Gasteiger partial charge in [0.2, 0.25) is 0 Å². The maximum absolute atomic E-state index is 12.1. The predicted octanol–water partition coefficient (Wildman–Crippen LogP) is 3.38. The van der Waals surface area contributed by atoms with E-state index < -0.39 is 18.1 Å². The average molecular weight is 340 g/mol. The lowest BCUT2D eigenvalue weighted by Gasteiger charge is -2.10. The highest BCUT2D eigenvalue weighted by Crippen LogP contribution is 2.25. The Bertz CT molecular complexity index is 773. The average Bonchev–Trinajstić information content (AvgIpc) is 2.50. The number of amides is 1. The highest BCUT2D eigenvalue weighted by Gasteiger charge is 2.38. The van der Waals surface area contributed by atoms with Crippen molar-refractivity contribution >= 4 is 17.6 Å². The Labute approximate surface area is 133 Å². The SMILES string of the molecule is Cc1ncc(Oc2ccc(NC(=O)C(F)(F)F)cc2)cc1C(=O)O. The lowest BCUT2D eigenvalue weighted by Crippen LogP contribution is -2.29. The van der Waals surface area contributed by atoms with Crippen molar-refractivity contribution in [3.05, 3.63) is 47.8 Å². The molecule has 0 aliphatic rings. The number of nitrogens with zero attached hydrogens (tertiary/aromatic N) is 1. The van der Waals surface area contributed by atoms with Crippen molar-refractivity contribution in [3.8, 4) is 11.5 Å². The summed E-state index contributed by atoms with van der Waals surface area (Å²) in [5.74, 6) is -2.84. The number of hydrogen-bond acceptors (Lipinski definition) is 4. The van der Waals surface area contributed by atoms with E-state index in [9.17, 15) is 22.8 Å². The van der Waals surface area contributed by atoms with Gasteiger partial charge in [-0.25, -0.2) is 4.79 Å². The number of hydrogen-bond donors (Lipinski definition) is 2. The summed E-state index contributed by atoms with van der Waals surface area (Å²) >= 11 is 0. The number of rotatable bonds is 4. The molecule has 9 heteroatoms. The molecule has 126 valence electrons. The second-order valence-corrected chi connectivity index (χ2v) is 4.69. The van der Waals surface area contributed by atoms with Gasteiger partial charge in [-0.3, -0.25) is 9.78 Å². The predicted molar refractivity (Wildman–Crippen MR) is 77.1 cm³/mol. The van der Waals surface area contributed by atoms with E-state index >= 15 is 0 Å². The number of carbonyl (C=O) groups is 2. The van der Waals surface area contributed by atoms with Crippen LogP contribution < -0.4 is 10.1 Å². The Morgan fingerprint density at radius 1 is 1.17 bits per heavy atom. The van der Waals surface area contributed by atoms with E-state index in [1.165, 1.54) is 43.5 Å². The molecular formula is C15H11F3N2O4. The summed E-state index contributed by atoms with van der Waals surface area (Å²) in [5, 5.41) is 10.7. The van der Waals surface area contributed by atoms with Crippen molar-refractivity contribution in [1.29, 1.82) is 0 Å². The Balaban J connectivity index is 2.11. The number of anilines is 1. The summed E-state index contributed by atoms with van der Waals surface area (Å²) in [4.78, 5) is 25.7. The minimum absolute atomic E-state index is 0.0263. The molecule has 24 heavy (non-hydrogen) atoms. The molecule has 0 atom stereocenters. The van der Waals surface area contributed by atoms with Crippen LogP contribution in [0.3, 0.4) is 0 Å². The van der Waals surface area contributed by atoms with E-state index in [0.29, 0.717) is 5.69 Å². The minimum atomic E-state index is -4.98. The fraction of sp³-hybridized carbons (Fsp3) is 0.133. The molecule has 6 nitrogen and oxygen atoms in total. The first-order valence-corrected chi connectivity index (χ1v) is 6.53. The van der Waals surface area contributed by atoms with Crippen LogP contribution in [0.4, 0.5) is 18.9 Å². The first kappa shape index (κ1) is 17.3. The Morgan fingerprint density at radius 3 is 2.33 bits per heavy atom. The second-order valence-electron chi connectivity index (χ2n) is 4.69. The summed E-state index contributed by atoms with van der Waals surface area (Å²) in [6.07, 6.45) is -3.66. The topological polar surface area (TPSA) is 88.5 Å². The monoisotopic (exact) mass is 340 g/mol. The lowest BCUT2D eigenvalue weighted by atomic mass is 10.2. The third kappa shape index (κ3) is 4.22. The van der Waals surface area contributed by atoms with Crippen LogP contribution in [0.15, 0.2) is 36.5 Å². The fourth-order valence-electron chi connectivity index (χ4n) is 1.73. The van der Waals surface area contributed by atoms with Crippen LogP contribution >= 0.6 is 0 Å². The summed E-state index contributed by atoms with van der Waals surface area (Å²) in [6.45, 7) is 1.53. The number of alkyl halides is 3. The fourth-order valence-corrected chi connectivity index (χ4v) is 1.73. The molecule has 0 saturated carbocycles. The van der Waals surface area contributed by atoms with Gasteiger partial charge in [0.25, 0.3) is 0 Å². The molecule has 0 aliphatic carbocycles. The van der Waals surface area contributed by atoms with Crippen molar-refractivity contribution in [1.82, 2.24) is 4.98 Å². The van der Waals surface area contributed by atoms with Crippen LogP contribution in [-0.2, 0) is 4.79 Å². The molecule has 1 amide bonds. The van der Waals surface area contributed by atoms with Crippen molar-refractivity contribution in [2.45, 2.75) is 13.1 Å². The normalized spacial score (nSPS) is 11.0. The zero-order valence-corrected chi connectivity index (χ0v) is 12.2. The van der Waals surface area contributed by atoms with Gasteiger partial charge in [-0.1, -0.05) is 0 Å². The van der Waals surface area contributed by atoms with Gasteiger partial charge in [0.15, 0.2) is 0 Å². The number of ether oxygens (including phenoxy) is 1. The van der Waals surface area contributed by atoms with Crippen LogP contribution in [-0.4, -0.2) is 28.1 Å². The molecule has 0 aliphatic heterocycles. The number of aromatic carboxylic acids is 1. The summed E-state index contributed by atoms with van der Waals surface area (Å²) in [5.41, 5.74) is 0.236. The molecule has 2 rings (SSSR count). The molecule has 0 unspecified atom stereocenters. The molecular weight excluding hydrogens is 329 g/mol. The van der Waals surface area contributed by atoms with E-state index in [1.807, 2.05) is 0 Å². The van der Waals surface area contributed by atoms with Gasteiger partial charge >= 0.3 is 18.1 Å². The van der Waals surface area contributed by atoms with E-state index in [1.54, 1.807) is 5.32 Å². The van der Waals surface area contributed by atoms with E-state index in [-0.39, 0.29) is 22.7 Å². The molecule has 2 N–H and O–H groups in total. The lowest BCUT2D eigenvalue weighted by molar-refractivity contribution is -0.167. The molecule has 0 spiro atoms. The van der Waals surface area contributed by atoms with Gasteiger partial charge < -0.3 is 15.2 Å². The Hall–Kier alpha value is -3.10. The number of pyridine rings is 1. The Kier molecular flexibility index (Phi) is 4.72. The van der Waals surface area contributed by atoms with Gasteiger partial charge in [-0.05, 0) is 37.3 Å². The molecule has 1 aromatic heterocycles. The van der Waals surface area contributed by atoms with Crippen LogP contribution in [0, 0.1) is 6.92 Å². The third-order valence-electron chi connectivity index (χ3n) is 2.90. The van der Waals surface area contributed by atoms with Crippen molar-refractivity contribution in [3.63, 3.8) is 0 Å². The van der Waals surface area contributed by atoms with Crippen molar-refractivity contribution in [2.75, 3.05) is 5.32 Å². The number of nitrogens with one attached hydrogen (secondary N) is 1. The number of aryl methyl sites for hydroxylation is 1. The zero-order chi connectivity index (χ0) is 17.9. The largest absolute Gasteiger partial charge is 0.478 e. The highest BCUT2D eigenvalue weighted by atomic mass is 19.4. The van der Waals surface area contributed by atoms with Crippen LogP contribution in [0.5, 0.6) is 11.5 Å². The molecule has 1 heterocycles. The third-order valence-corrected chi connectivity index (χ3v) is 2.90. The molecule has 0 bridgehead atoms. The van der Waals surface area contributed by atoms with E-state index in [0.717, 1.165) is 0 Å². The van der Waals surface area contributed by atoms with E-state index in [2.05, 4.69) is 4.98 Å². The van der Waals surface area contributed by atoms with Crippen molar-refractivity contribution in [2.24, 2.45) is 0 Å². The number of carboxylic acid groups (broad SMARTS) is 1. The number of aromatic nitrogens is 1. The summed E-state index contributed by atoms with van der Waals surface area (Å²) in [7, 11) is 0. The highest BCUT2D eigenvalue weighted by molar-refractivity contribution is 5.94. The first-order valence-electron chi connectivity index (χ1n) is 6.53.